The molecule has 3 nitrogen and oxygen atoms in total. The molecular weight excluding hydrogens is 260 g/mol. The third-order valence-electron chi connectivity index (χ3n) is 5.45. The van der Waals surface area contributed by atoms with Crippen molar-refractivity contribution < 1.29 is 4.79 Å². The van der Waals surface area contributed by atoms with Gasteiger partial charge < -0.3 is 10.6 Å². The first-order chi connectivity index (χ1) is 9.80. The van der Waals surface area contributed by atoms with Gasteiger partial charge in [-0.3, -0.25) is 4.79 Å². The molecule has 0 radical (unpaired) electrons. The summed E-state index contributed by atoms with van der Waals surface area (Å²) in [5, 5.41) is 6.42. The van der Waals surface area contributed by atoms with Crippen molar-refractivity contribution in [2.45, 2.75) is 85.2 Å². The molecule has 0 saturated heterocycles. The van der Waals surface area contributed by atoms with Crippen LogP contribution in [-0.2, 0) is 4.79 Å². The smallest absolute Gasteiger partial charge is 0.236 e. The van der Waals surface area contributed by atoms with Crippen LogP contribution in [0.15, 0.2) is 0 Å². The SMILES string of the molecule is CCC(C)(C)C1CCC(NC(CC(C)C)C(=O)NC)CC1. The van der Waals surface area contributed by atoms with Crippen LogP contribution in [0.4, 0.5) is 0 Å². The fourth-order valence-electron chi connectivity index (χ4n) is 3.51. The van der Waals surface area contributed by atoms with Gasteiger partial charge in [-0.2, -0.15) is 0 Å². The first-order valence-corrected chi connectivity index (χ1v) is 8.77. The molecule has 0 bridgehead atoms. The maximum Gasteiger partial charge on any atom is 0.236 e. The van der Waals surface area contributed by atoms with Crippen molar-refractivity contribution in [3.05, 3.63) is 0 Å². The van der Waals surface area contributed by atoms with Crippen LogP contribution in [0.25, 0.3) is 0 Å². The average Bonchev–Trinajstić information content (AvgIpc) is 2.45. The Kier molecular flexibility index (Phi) is 7.19. The van der Waals surface area contributed by atoms with E-state index >= 15 is 0 Å². The Labute approximate surface area is 131 Å². The number of likely N-dealkylation sites (N-methyl/N-ethyl adjacent to an activating group) is 1. The Morgan fingerprint density at radius 3 is 2.19 bits per heavy atom. The standard InChI is InChI=1S/C18H36N2O/c1-7-18(4,5)14-8-10-15(11-9-14)20-16(12-13(2)3)17(21)19-6/h13-16,20H,7-12H2,1-6H3,(H,19,21). The summed E-state index contributed by atoms with van der Waals surface area (Å²) < 4.78 is 0. The Morgan fingerprint density at radius 1 is 1.19 bits per heavy atom. The van der Waals surface area contributed by atoms with E-state index in [1.807, 2.05) is 0 Å². The number of nitrogens with one attached hydrogen (secondary N) is 2. The Balaban J connectivity index is 2.51. The van der Waals surface area contributed by atoms with Crippen LogP contribution >= 0.6 is 0 Å². The molecule has 2 N–H and O–H groups in total. The van der Waals surface area contributed by atoms with Gasteiger partial charge in [0.25, 0.3) is 0 Å². The van der Waals surface area contributed by atoms with E-state index in [-0.39, 0.29) is 11.9 Å². The molecule has 1 aliphatic carbocycles. The summed E-state index contributed by atoms with van der Waals surface area (Å²) in [4.78, 5) is 12.0. The lowest BCUT2D eigenvalue weighted by molar-refractivity contribution is -0.123. The van der Waals surface area contributed by atoms with E-state index in [1.54, 1.807) is 7.05 Å². The lowest BCUT2D eigenvalue weighted by Crippen LogP contribution is -2.49. The van der Waals surface area contributed by atoms with Gasteiger partial charge in [-0.05, 0) is 49.4 Å². The quantitative estimate of drug-likeness (QED) is 0.751. The molecule has 0 spiro atoms. The van der Waals surface area contributed by atoms with E-state index in [1.165, 1.54) is 32.1 Å². The molecule has 1 rings (SSSR count). The molecule has 1 fully saturated rings. The summed E-state index contributed by atoms with van der Waals surface area (Å²) in [5.74, 6) is 1.51. The van der Waals surface area contributed by atoms with Crippen molar-refractivity contribution >= 4 is 5.91 Å². The Hall–Kier alpha value is -0.570. The molecule has 1 aliphatic rings. The normalized spacial score (nSPS) is 24.9. The minimum atomic E-state index is -0.0317. The zero-order valence-electron chi connectivity index (χ0n) is 15.0. The molecule has 1 unspecified atom stereocenters. The Morgan fingerprint density at radius 2 is 1.76 bits per heavy atom. The van der Waals surface area contributed by atoms with Crippen molar-refractivity contribution in [2.75, 3.05) is 7.05 Å². The summed E-state index contributed by atoms with van der Waals surface area (Å²) in [6, 6.07) is 0.477. The summed E-state index contributed by atoms with van der Waals surface area (Å²) in [6.45, 7) is 11.5. The zero-order chi connectivity index (χ0) is 16.0. The minimum Gasteiger partial charge on any atom is -0.358 e. The molecule has 1 amide bonds. The second kappa shape index (κ2) is 8.17. The minimum absolute atomic E-state index is 0.0317. The molecule has 0 aliphatic heterocycles. The van der Waals surface area contributed by atoms with Crippen LogP contribution in [0.3, 0.4) is 0 Å². The van der Waals surface area contributed by atoms with Gasteiger partial charge in [-0.1, -0.05) is 41.0 Å². The fourth-order valence-corrected chi connectivity index (χ4v) is 3.51. The summed E-state index contributed by atoms with van der Waals surface area (Å²) in [7, 11) is 1.73. The van der Waals surface area contributed by atoms with Gasteiger partial charge in [0.05, 0.1) is 6.04 Å². The molecule has 0 aromatic rings. The number of carbonyl (C=O) groups is 1. The molecule has 1 saturated carbocycles. The first-order valence-electron chi connectivity index (χ1n) is 8.77. The molecule has 124 valence electrons. The summed E-state index contributed by atoms with van der Waals surface area (Å²) in [5.41, 5.74) is 0.461. The van der Waals surface area contributed by atoms with Crippen LogP contribution in [0.2, 0.25) is 0 Å². The van der Waals surface area contributed by atoms with E-state index in [9.17, 15) is 4.79 Å². The van der Waals surface area contributed by atoms with E-state index in [0.717, 1.165) is 12.3 Å². The zero-order valence-corrected chi connectivity index (χ0v) is 15.0. The van der Waals surface area contributed by atoms with Gasteiger partial charge in [0.15, 0.2) is 0 Å². The molecular formula is C18H36N2O. The predicted molar refractivity (Wildman–Crippen MR) is 90.3 cm³/mol. The topological polar surface area (TPSA) is 41.1 Å². The second-order valence-corrected chi connectivity index (χ2v) is 7.85. The van der Waals surface area contributed by atoms with E-state index in [0.29, 0.717) is 17.4 Å². The number of rotatable bonds is 7. The van der Waals surface area contributed by atoms with Crippen LogP contribution in [-0.4, -0.2) is 25.0 Å². The van der Waals surface area contributed by atoms with E-state index in [4.69, 9.17) is 0 Å². The van der Waals surface area contributed by atoms with E-state index in [2.05, 4.69) is 45.3 Å². The fraction of sp³-hybridized carbons (Fsp3) is 0.944. The Bertz CT molecular complexity index is 317. The number of carbonyl (C=O) groups excluding carboxylic acids is 1. The van der Waals surface area contributed by atoms with Crippen LogP contribution in [0.1, 0.15) is 73.1 Å². The predicted octanol–water partition coefficient (Wildman–Crippen LogP) is 3.73. The van der Waals surface area contributed by atoms with Crippen molar-refractivity contribution in [3.8, 4) is 0 Å². The summed E-state index contributed by atoms with van der Waals surface area (Å²) in [6.07, 6.45) is 7.17. The van der Waals surface area contributed by atoms with Gasteiger partial charge in [0, 0.05) is 13.1 Å². The van der Waals surface area contributed by atoms with Gasteiger partial charge in [-0.15, -0.1) is 0 Å². The van der Waals surface area contributed by atoms with Crippen molar-refractivity contribution in [1.82, 2.24) is 10.6 Å². The molecule has 0 aromatic carbocycles. The summed E-state index contributed by atoms with van der Waals surface area (Å²) >= 11 is 0. The van der Waals surface area contributed by atoms with Crippen LogP contribution < -0.4 is 10.6 Å². The molecule has 0 heterocycles. The number of amides is 1. The first kappa shape index (κ1) is 18.5. The van der Waals surface area contributed by atoms with Gasteiger partial charge in [-0.25, -0.2) is 0 Å². The van der Waals surface area contributed by atoms with Gasteiger partial charge >= 0.3 is 0 Å². The molecule has 1 atom stereocenters. The van der Waals surface area contributed by atoms with E-state index < -0.39 is 0 Å². The molecule has 0 aromatic heterocycles. The maximum absolute atomic E-state index is 12.0. The third-order valence-corrected chi connectivity index (χ3v) is 5.45. The highest BCUT2D eigenvalue weighted by atomic mass is 16.2. The second-order valence-electron chi connectivity index (χ2n) is 7.85. The molecule has 3 heteroatoms. The average molecular weight is 296 g/mol. The van der Waals surface area contributed by atoms with Crippen molar-refractivity contribution in [2.24, 2.45) is 17.3 Å². The number of hydrogen-bond acceptors (Lipinski definition) is 2. The lowest BCUT2D eigenvalue weighted by atomic mass is 9.69. The highest BCUT2D eigenvalue weighted by Crippen LogP contribution is 2.40. The largest absolute Gasteiger partial charge is 0.358 e. The van der Waals surface area contributed by atoms with Crippen molar-refractivity contribution in [3.63, 3.8) is 0 Å². The number of hydrogen-bond donors (Lipinski definition) is 2. The van der Waals surface area contributed by atoms with Crippen LogP contribution in [0, 0.1) is 17.3 Å². The molecule has 21 heavy (non-hydrogen) atoms. The van der Waals surface area contributed by atoms with Gasteiger partial charge in [0.2, 0.25) is 5.91 Å². The van der Waals surface area contributed by atoms with Gasteiger partial charge in [0.1, 0.15) is 0 Å². The maximum atomic E-state index is 12.0. The monoisotopic (exact) mass is 296 g/mol. The highest BCUT2D eigenvalue weighted by Gasteiger charge is 2.33. The third kappa shape index (κ3) is 5.61. The lowest BCUT2D eigenvalue weighted by Gasteiger charge is -2.40. The highest BCUT2D eigenvalue weighted by molar-refractivity contribution is 5.81. The van der Waals surface area contributed by atoms with Crippen molar-refractivity contribution in [1.29, 1.82) is 0 Å². The van der Waals surface area contributed by atoms with Crippen LogP contribution in [0.5, 0.6) is 0 Å².